The third-order valence-electron chi connectivity index (χ3n) is 2.51. The van der Waals surface area contributed by atoms with Crippen LogP contribution in [0.15, 0.2) is 17.5 Å². The van der Waals surface area contributed by atoms with Crippen molar-refractivity contribution in [3.8, 4) is 0 Å². The lowest BCUT2D eigenvalue weighted by Crippen LogP contribution is -2.13. The maximum atomic E-state index is 8.35. The molecule has 2 aromatic heterocycles. The van der Waals surface area contributed by atoms with Crippen molar-refractivity contribution in [2.24, 2.45) is 25.0 Å². The SMILES string of the molecule is Cc1nn(C)cc1/C(N)=N\O.[C-]#[N+]c1cn(C)nc1C. The van der Waals surface area contributed by atoms with Crippen molar-refractivity contribution in [2.45, 2.75) is 13.8 Å². The van der Waals surface area contributed by atoms with Crippen LogP contribution in [-0.4, -0.2) is 30.6 Å². The summed E-state index contributed by atoms with van der Waals surface area (Å²) in [6.07, 6.45) is 3.41. The molecule has 106 valence electrons. The molecule has 0 amide bonds. The number of nitrogens with two attached hydrogens (primary N) is 1. The van der Waals surface area contributed by atoms with Crippen LogP contribution in [0, 0.1) is 20.4 Å². The van der Waals surface area contributed by atoms with Crippen LogP contribution < -0.4 is 5.73 Å². The molecule has 2 heterocycles. The molecule has 0 aliphatic heterocycles. The Kier molecular flexibility index (Phi) is 4.86. The van der Waals surface area contributed by atoms with Crippen molar-refractivity contribution in [1.29, 1.82) is 0 Å². The summed E-state index contributed by atoms with van der Waals surface area (Å²) in [5.74, 6) is 0.0931. The number of nitrogens with zero attached hydrogens (tertiary/aromatic N) is 6. The molecule has 0 saturated heterocycles. The van der Waals surface area contributed by atoms with Gasteiger partial charge in [-0.2, -0.15) is 10.2 Å². The lowest BCUT2D eigenvalue weighted by atomic mass is 10.2. The van der Waals surface area contributed by atoms with Crippen molar-refractivity contribution in [3.63, 3.8) is 0 Å². The molecule has 0 bridgehead atoms. The molecule has 8 heteroatoms. The standard InChI is InChI=1S/C6H10N4O.C6H7N3/c1-4-5(6(7)9-11)3-10(2)8-4;1-5-6(7-2)4-9(3)8-5/h3,11H,1-2H3,(H2,7,9);4H,1,3H3. The van der Waals surface area contributed by atoms with Gasteiger partial charge < -0.3 is 10.9 Å². The number of oxime groups is 1. The first-order valence-corrected chi connectivity index (χ1v) is 5.74. The van der Waals surface area contributed by atoms with Gasteiger partial charge >= 0.3 is 0 Å². The summed E-state index contributed by atoms with van der Waals surface area (Å²) in [5.41, 5.74) is 8.20. The van der Waals surface area contributed by atoms with Crippen LogP contribution in [0.25, 0.3) is 4.85 Å². The second-order valence-corrected chi connectivity index (χ2v) is 4.17. The molecule has 0 fully saturated rings. The van der Waals surface area contributed by atoms with Crippen molar-refractivity contribution in [2.75, 3.05) is 0 Å². The normalized spacial score (nSPS) is 10.7. The van der Waals surface area contributed by atoms with Crippen LogP contribution >= 0.6 is 0 Å². The summed E-state index contributed by atoms with van der Waals surface area (Å²) in [4.78, 5) is 3.26. The lowest BCUT2D eigenvalue weighted by molar-refractivity contribution is 0.318. The van der Waals surface area contributed by atoms with Gasteiger partial charge in [-0.15, -0.1) is 0 Å². The minimum absolute atomic E-state index is 0.0931. The number of rotatable bonds is 1. The Labute approximate surface area is 116 Å². The zero-order valence-corrected chi connectivity index (χ0v) is 11.9. The van der Waals surface area contributed by atoms with Crippen molar-refractivity contribution in [3.05, 3.63) is 40.8 Å². The van der Waals surface area contributed by atoms with E-state index in [-0.39, 0.29) is 5.84 Å². The van der Waals surface area contributed by atoms with E-state index in [2.05, 4.69) is 20.2 Å². The van der Waals surface area contributed by atoms with Gasteiger partial charge in [-0.3, -0.25) is 9.36 Å². The Morgan fingerprint density at radius 2 is 1.80 bits per heavy atom. The van der Waals surface area contributed by atoms with Gasteiger partial charge in [-0.1, -0.05) is 5.16 Å². The highest BCUT2D eigenvalue weighted by Gasteiger charge is 2.06. The molecule has 0 aliphatic rings. The first-order valence-electron chi connectivity index (χ1n) is 5.74. The summed E-state index contributed by atoms with van der Waals surface area (Å²) < 4.78 is 3.26. The molecule has 0 atom stereocenters. The molecule has 0 radical (unpaired) electrons. The number of amidine groups is 1. The van der Waals surface area contributed by atoms with Crippen LogP contribution in [0.3, 0.4) is 0 Å². The van der Waals surface area contributed by atoms with E-state index in [4.69, 9.17) is 17.5 Å². The molecule has 0 saturated carbocycles. The average Bonchev–Trinajstić information content (AvgIpc) is 2.90. The Morgan fingerprint density at radius 1 is 1.25 bits per heavy atom. The highest BCUT2D eigenvalue weighted by Crippen LogP contribution is 2.14. The average molecular weight is 275 g/mol. The monoisotopic (exact) mass is 275 g/mol. The van der Waals surface area contributed by atoms with E-state index in [0.29, 0.717) is 11.3 Å². The van der Waals surface area contributed by atoms with Gasteiger partial charge in [0.1, 0.15) is 0 Å². The van der Waals surface area contributed by atoms with Crippen molar-refractivity contribution in [1.82, 2.24) is 19.6 Å². The molecule has 2 rings (SSSR count). The maximum Gasteiger partial charge on any atom is 0.227 e. The summed E-state index contributed by atoms with van der Waals surface area (Å²) in [7, 11) is 3.59. The predicted octanol–water partition coefficient (Wildman–Crippen LogP) is 1.10. The number of aromatic nitrogens is 4. The summed E-state index contributed by atoms with van der Waals surface area (Å²) in [6.45, 7) is 10.3. The molecule has 2 aromatic rings. The van der Waals surface area contributed by atoms with Gasteiger partial charge in [-0.05, 0) is 13.8 Å². The third kappa shape index (κ3) is 3.58. The minimum Gasteiger partial charge on any atom is -0.409 e. The van der Waals surface area contributed by atoms with E-state index in [0.717, 1.165) is 11.4 Å². The van der Waals surface area contributed by atoms with Crippen LogP contribution in [0.5, 0.6) is 0 Å². The van der Waals surface area contributed by atoms with Crippen LogP contribution in [0.1, 0.15) is 17.0 Å². The maximum absolute atomic E-state index is 8.35. The molecule has 0 spiro atoms. The molecule has 0 aliphatic carbocycles. The lowest BCUT2D eigenvalue weighted by Gasteiger charge is -1.91. The molecule has 3 N–H and O–H groups in total. The Morgan fingerprint density at radius 3 is 2.10 bits per heavy atom. The predicted molar refractivity (Wildman–Crippen MR) is 74.7 cm³/mol. The van der Waals surface area contributed by atoms with E-state index in [1.807, 2.05) is 14.0 Å². The molecule has 8 nitrogen and oxygen atoms in total. The summed E-state index contributed by atoms with van der Waals surface area (Å²) in [5, 5.41) is 19.2. The Bertz CT molecular complexity index is 660. The number of hydrogen-bond acceptors (Lipinski definition) is 4. The van der Waals surface area contributed by atoms with Gasteiger partial charge in [0.25, 0.3) is 0 Å². The Balaban J connectivity index is 0.000000204. The second kappa shape index (κ2) is 6.38. The fourth-order valence-corrected chi connectivity index (χ4v) is 1.60. The van der Waals surface area contributed by atoms with E-state index >= 15 is 0 Å². The summed E-state index contributed by atoms with van der Waals surface area (Å²) >= 11 is 0. The van der Waals surface area contributed by atoms with Crippen LogP contribution in [0.2, 0.25) is 0 Å². The van der Waals surface area contributed by atoms with Gasteiger partial charge in [0.15, 0.2) is 5.84 Å². The topological polar surface area (TPSA) is 98.6 Å². The first kappa shape index (κ1) is 15.2. The minimum atomic E-state index is 0.0931. The second-order valence-electron chi connectivity index (χ2n) is 4.17. The van der Waals surface area contributed by atoms with Gasteiger partial charge in [0, 0.05) is 26.5 Å². The summed E-state index contributed by atoms with van der Waals surface area (Å²) in [6, 6.07) is 0. The fraction of sp³-hybridized carbons (Fsp3) is 0.333. The smallest absolute Gasteiger partial charge is 0.227 e. The van der Waals surface area contributed by atoms with Gasteiger partial charge in [-0.25, -0.2) is 4.85 Å². The largest absolute Gasteiger partial charge is 0.409 e. The molecule has 20 heavy (non-hydrogen) atoms. The van der Waals surface area contributed by atoms with Gasteiger partial charge in [0.05, 0.1) is 23.5 Å². The fourth-order valence-electron chi connectivity index (χ4n) is 1.60. The molecule has 0 unspecified atom stereocenters. The van der Waals surface area contributed by atoms with Crippen molar-refractivity contribution < 1.29 is 5.21 Å². The molecular weight excluding hydrogens is 258 g/mol. The highest BCUT2D eigenvalue weighted by molar-refractivity contribution is 5.97. The van der Waals surface area contributed by atoms with E-state index < -0.39 is 0 Å². The van der Waals surface area contributed by atoms with Crippen LogP contribution in [-0.2, 0) is 14.1 Å². The zero-order chi connectivity index (χ0) is 15.3. The van der Waals surface area contributed by atoms with E-state index in [1.54, 1.807) is 35.7 Å². The molecular formula is C12H17N7O. The van der Waals surface area contributed by atoms with E-state index in [1.165, 1.54) is 0 Å². The van der Waals surface area contributed by atoms with Gasteiger partial charge in [0.2, 0.25) is 5.69 Å². The van der Waals surface area contributed by atoms with Crippen molar-refractivity contribution >= 4 is 11.5 Å². The molecule has 0 aromatic carbocycles. The third-order valence-corrected chi connectivity index (χ3v) is 2.51. The van der Waals surface area contributed by atoms with Crippen LogP contribution in [0.4, 0.5) is 5.69 Å². The number of hydrogen-bond donors (Lipinski definition) is 2. The zero-order valence-electron chi connectivity index (χ0n) is 11.9. The number of aryl methyl sites for hydroxylation is 4. The first-order chi connectivity index (χ1) is 9.38. The van der Waals surface area contributed by atoms with E-state index in [9.17, 15) is 0 Å². The highest BCUT2D eigenvalue weighted by atomic mass is 16.4. The Hall–Kier alpha value is -2.82. The quantitative estimate of drug-likeness (QED) is 0.268.